The minimum Gasteiger partial charge on any atom is -0.444 e. The molecule has 1 fully saturated rings. The van der Waals surface area contributed by atoms with Gasteiger partial charge in [-0.15, -0.1) is 0 Å². The highest BCUT2D eigenvalue weighted by Gasteiger charge is 2.29. The number of carbonyl (C=O) groups is 1. The van der Waals surface area contributed by atoms with E-state index in [1.165, 1.54) is 12.1 Å². The molecule has 0 saturated carbocycles. The van der Waals surface area contributed by atoms with Gasteiger partial charge in [-0.2, -0.15) is 0 Å². The van der Waals surface area contributed by atoms with Crippen LogP contribution in [0.1, 0.15) is 33.6 Å². The number of nitrogens with zero attached hydrogens (tertiary/aromatic N) is 5. The van der Waals surface area contributed by atoms with E-state index in [9.17, 15) is 14.9 Å². The third-order valence-electron chi connectivity index (χ3n) is 4.67. The quantitative estimate of drug-likeness (QED) is 0.588. The maximum Gasteiger partial charge on any atom is 0.410 e. The van der Waals surface area contributed by atoms with Gasteiger partial charge in [0.15, 0.2) is 0 Å². The Morgan fingerprint density at radius 2 is 2.11 bits per heavy atom. The first kappa shape index (κ1) is 19.8. The number of benzene rings is 1. The number of piperidine rings is 1. The van der Waals surface area contributed by atoms with Gasteiger partial charge in [-0.3, -0.25) is 15.1 Å². The summed E-state index contributed by atoms with van der Waals surface area (Å²) in [6, 6.07) is 4.47. The molecule has 0 aliphatic carbocycles. The van der Waals surface area contributed by atoms with E-state index in [-0.39, 0.29) is 17.8 Å². The largest absolute Gasteiger partial charge is 0.444 e. The van der Waals surface area contributed by atoms with Gasteiger partial charge in [0.1, 0.15) is 11.4 Å². The molecule has 2 aromatic rings. The van der Waals surface area contributed by atoms with Crippen molar-refractivity contribution >= 4 is 28.6 Å². The zero-order chi connectivity index (χ0) is 20.5. The fourth-order valence-corrected chi connectivity index (χ4v) is 3.22. The van der Waals surface area contributed by atoms with E-state index in [2.05, 4.69) is 14.9 Å². The van der Waals surface area contributed by atoms with Gasteiger partial charge in [0.25, 0.3) is 5.69 Å². The maximum absolute atomic E-state index is 12.4. The number of hydrogen-bond acceptors (Lipinski definition) is 7. The van der Waals surface area contributed by atoms with Crippen LogP contribution in [0.3, 0.4) is 0 Å². The van der Waals surface area contributed by atoms with Crippen molar-refractivity contribution in [1.82, 2.24) is 14.9 Å². The van der Waals surface area contributed by atoms with Crippen molar-refractivity contribution in [3.63, 3.8) is 0 Å². The highest BCUT2D eigenvalue weighted by molar-refractivity contribution is 5.78. The third kappa shape index (κ3) is 4.47. The predicted octanol–water partition coefficient (Wildman–Crippen LogP) is 3.37. The number of fused-ring (bicyclic) bond motifs is 1. The fraction of sp³-hybridized carbons (Fsp3) is 0.526. The Morgan fingerprint density at radius 1 is 1.36 bits per heavy atom. The predicted molar refractivity (Wildman–Crippen MR) is 105 cm³/mol. The zero-order valence-corrected chi connectivity index (χ0v) is 16.6. The van der Waals surface area contributed by atoms with Crippen molar-refractivity contribution in [3.05, 3.63) is 34.5 Å². The Morgan fingerprint density at radius 3 is 2.79 bits per heavy atom. The van der Waals surface area contributed by atoms with Crippen LogP contribution in [0.2, 0.25) is 0 Å². The van der Waals surface area contributed by atoms with Crippen LogP contribution >= 0.6 is 0 Å². The maximum atomic E-state index is 12.4. The first-order valence-corrected chi connectivity index (χ1v) is 9.26. The molecule has 28 heavy (non-hydrogen) atoms. The van der Waals surface area contributed by atoms with Crippen LogP contribution in [0.5, 0.6) is 0 Å². The summed E-state index contributed by atoms with van der Waals surface area (Å²) in [5, 5.41) is 10.9. The summed E-state index contributed by atoms with van der Waals surface area (Å²) in [7, 11) is 1.76. The van der Waals surface area contributed by atoms with Gasteiger partial charge < -0.3 is 14.5 Å². The number of hydrogen-bond donors (Lipinski definition) is 0. The molecule has 2 heterocycles. The summed E-state index contributed by atoms with van der Waals surface area (Å²) in [5.41, 5.74) is 0.543. The first-order valence-electron chi connectivity index (χ1n) is 9.26. The lowest BCUT2D eigenvalue weighted by molar-refractivity contribution is -0.384. The average molecular weight is 387 g/mol. The standard InChI is InChI=1S/C19H25N5O4/c1-19(2,3)28-18(25)22(4)14-6-5-9-23(12-14)17-11-20-16-10-13(24(26)27)7-8-15(16)21-17/h7-8,10-11,14H,5-6,9,12H2,1-4H3. The summed E-state index contributed by atoms with van der Waals surface area (Å²) in [6.45, 7) is 6.98. The average Bonchev–Trinajstić information content (AvgIpc) is 2.65. The SMILES string of the molecule is CN(C(=O)OC(C)(C)C)C1CCCN(c2cnc3cc([N+](=O)[O-])ccc3n2)C1. The van der Waals surface area contributed by atoms with Crippen LogP contribution in [-0.4, -0.2) is 57.7 Å². The summed E-state index contributed by atoms with van der Waals surface area (Å²) in [5.74, 6) is 0.698. The van der Waals surface area contributed by atoms with Gasteiger partial charge in [0, 0.05) is 32.3 Å². The molecule has 150 valence electrons. The Hall–Kier alpha value is -2.97. The number of rotatable bonds is 3. The number of nitro benzene ring substituents is 1. The highest BCUT2D eigenvalue weighted by atomic mass is 16.6. The lowest BCUT2D eigenvalue weighted by Gasteiger charge is -2.38. The molecule has 0 N–H and O–H groups in total. The lowest BCUT2D eigenvalue weighted by atomic mass is 10.0. The molecule has 1 aromatic heterocycles. The number of nitro groups is 1. The molecule has 1 saturated heterocycles. The minimum atomic E-state index is -0.536. The van der Waals surface area contributed by atoms with Crippen LogP contribution < -0.4 is 4.90 Å². The highest BCUT2D eigenvalue weighted by Crippen LogP contribution is 2.24. The topological polar surface area (TPSA) is 102 Å². The van der Waals surface area contributed by atoms with Gasteiger partial charge in [0.2, 0.25) is 0 Å². The number of ether oxygens (including phenoxy) is 1. The molecule has 9 nitrogen and oxygen atoms in total. The second-order valence-corrected chi connectivity index (χ2v) is 7.99. The number of carbonyl (C=O) groups excluding carboxylic acids is 1. The van der Waals surface area contributed by atoms with E-state index in [0.29, 0.717) is 23.4 Å². The number of likely N-dealkylation sites (N-methyl/N-ethyl adjacent to an activating group) is 1. The first-order chi connectivity index (χ1) is 13.1. The van der Waals surface area contributed by atoms with Gasteiger partial charge in [-0.25, -0.2) is 9.78 Å². The molecule has 1 unspecified atom stereocenters. The summed E-state index contributed by atoms with van der Waals surface area (Å²) in [4.78, 5) is 35.5. The molecule has 0 radical (unpaired) electrons. The number of non-ortho nitro benzene ring substituents is 1. The molecule has 1 aromatic carbocycles. The fourth-order valence-electron chi connectivity index (χ4n) is 3.22. The van der Waals surface area contributed by atoms with Gasteiger partial charge in [-0.1, -0.05) is 0 Å². The summed E-state index contributed by atoms with van der Waals surface area (Å²) >= 11 is 0. The van der Waals surface area contributed by atoms with E-state index in [1.807, 2.05) is 20.8 Å². The molecule has 3 rings (SSSR count). The van der Waals surface area contributed by atoms with Crippen molar-refractivity contribution in [3.8, 4) is 0 Å². The van der Waals surface area contributed by atoms with Crippen molar-refractivity contribution in [1.29, 1.82) is 0 Å². The Labute approximate surface area is 163 Å². The van der Waals surface area contributed by atoms with Crippen molar-refractivity contribution < 1.29 is 14.5 Å². The van der Waals surface area contributed by atoms with Crippen LogP contribution in [-0.2, 0) is 4.74 Å². The summed E-state index contributed by atoms with van der Waals surface area (Å²) < 4.78 is 5.47. The second-order valence-electron chi connectivity index (χ2n) is 7.99. The second kappa shape index (κ2) is 7.57. The number of aromatic nitrogens is 2. The molecule has 9 heteroatoms. The van der Waals surface area contributed by atoms with Gasteiger partial charge in [0.05, 0.1) is 28.2 Å². The van der Waals surface area contributed by atoms with Crippen molar-refractivity contribution in [2.45, 2.75) is 45.3 Å². The number of amides is 1. The molecular weight excluding hydrogens is 362 g/mol. The van der Waals surface area contributed by atoms with E-state index in [0.717, 1.165) is 19.4 Å². The van der Waals surface area contributed by atoms with E-state index in [4.69, 9.17) is 4.74 Å². The molecule has 0 spiro atoms. The monoisotopic (exact) mass is 387 g/mol. The molecule has 0 bridgehead atoms. The van der Waals surface area contributed by atoms with Gasteiger partial charge in [-0.05, 0) is 39.7 Å². The van der Waals surface area contributed by atoms with E-state index >= 15 is 0 Å². The molecular formula is C19H25N5O4. The van der Waals surface area contributed by atoms with Crippen LogP contribution in [0.4, 0.5) is 16.3 Å². The van der Waals surface area contributed by atoms with E-state index in [1.54, 1.807) is 24.2 Å². The zero-order valence-electron chi connectivity index (χ0n) is 16.6. The molecule has 1 aliphatic heterocycles. The van der Waals surface area contributed by atoms with Crippen molar-refractivity contribution in [2.24, 2.45) is 0 Å². The third-order valence-corrected chi connectivity index (χ3v) is 4.67. The molecule has 1 amide bonds. The minimum absolute atomic E-state index is 0.00780. The van der Waals surface area contributed by atoms with E-state index < -0.39 is 10.5 Å². The van der Waals surface area contributed by atoms with Crippen LogP contribution in [0.25, 0.3) is 11.0 Å². The lowest BCUT2D eigenvalue weighted by Crippen LogP contribution is -2.50. The smallest absolute Gasteiger partial charge is 0.410 e. The van der Waals surface area contributed by atoms with Crippen LogP contribution in [0, 0.1) is 10.1 Å². The normalized spacial score (nSPS) is 17.4. The van der Waals surface area contributed by atoms with Crippen LogP contribution in [0.15, 0.2) is 24.4 Å². The Kier molecular flexibility index (Phi) is 5.35. The Bertz CT molecular complexity index is 896. The Balaban J connectivity index is 1.75. The number of anilines is 1. The molecule has 1 aliphatic rings. The molecule has 1 atom stereocenters. The summed E-state index contributed by atoms with van der Waals surface area (Å²) in [6.07, 6.45) is 3.09. The van der Waals surface area contributed by atoms with Gasteiger partial charge >= 0.3 is 6.09 Å². The van der Waals surface area contributed by atoms with Crippen molar-refractivity contribution in [2.75, 3.05) is 25.0 Å².